The van der Waals surface area contributed by atoms with Gasteiger partial charge in [-0.3, -0.25) is 5.32 Å². The van der Waals surface area contributed by atoms with Crippen LogP contribution in [0.4, 0.5) is 4.79 Å². The van der Waals surface area contributed by atoms with Gasteiger partial charge in [0.05, 0.1) is 0 Å². The number of amides is 1. The van der Waals surface area contributed by atoms with Gasteiger partial charge >= 0.3 is 12.1 Å². The highest BCUT2D eigenvalue weighted by atomic mass is 79.9. The zero-order chi connectivity index (χ0) is 16.2. The van der Waals surface area contributed by atoms with Gasteiger partial charge in [0, 0.05) is 0 Å². The first kappa shape index (κ1) is 16.1. The summed E-state index contributed by atoms with van der Waals surface area (Å²) in [5.41, 5.74) is -0.921. The summed E-state index contributed by atoms with van der Waals surface area (Å²) in [6, 6.07) is 12.1. The largest absolute Gasteiger partial charge is 0.479 e. The first-order chi connectivity index (χ1) is 10.4. The Kier molecular flexibility index (Phi) is 4.87. The molecule has 1 aromatic carbocycles. The third-order valence-electron chi connectivity index (χ3n) is 3.06. The predicted octanol–water partition coefficient (Wildman–Crippen LogP) is 3.27. The molecule has 0 aliphatic heterocycles. The molecule has 6 nitrogen and oxygen atoms in total. The molecule has 0 spiro atoms. The molecule has 0 aliphatic carbocycles. The molecule has 0 radical (unpaired) electrons. The van der Waals surface area contributed by atoms with Crippen molar-refractivity contribution in [2.45, 2.75) is 19.1 Å². The van der Waals surface area contributed by atoms with Crippen molar-refractivity contribution in [1.29, 1.82) is 0 Å². The van der Waals surface area contributed by atoms with Crippen LogP contribution < -0.4 is 5.32 Å². The molecule has 2 rings (SSSR count). The normalized spacial score (nSPS) is 13.2. The second-order valence-electron chi connectivity index (χ2n) is 4.72. The number of aliphatic carboxylic acids is 1. The highest BCUT2D eigenvalue weighted by Crippen LogP contribution is 2.26. The molecule has 1 heterocycles. The van der Waals surface area contributed by atoms with Crippen LogP contribution in [0.5, 0.6) is 0 Å². The van der Waals surface area contributed by atoms with Gasteiger partial charge in [0.25, 0.3) is 0 Å². The standard InChI is InChI=1S/C15H14BrNO5/c1-15(13(18)19,11-7-8-12(16)22-11)17-14(20)21-9-10-5-3-2-4-6-10/h2-8H,9H2,1H3,(H,17,20)(H,18,19). The first-order valence-electron chi connectivity index (χ1n) is 6.40. The van der Waals surface area contributed by atoms with Crippen LogP contribution in [0.15, 0.2) is 51.6 Å². The van der Waals surface area contributed by atoms with Crippen molar-refractivity contribution in [1.82, 2.24) is 5.32 Å². The molecule has 0 bridgehead atoms. The Morgan fingerprint density at radius 2 is 1.95 bits per heavy atom. The lowest BCUT2D eigenvalue weighted by Crippen LogP contribution is -2.49. The molecule has 0 aliphatic rings. The van der Waals surface area contributed by atoms with Gasteiger partial charge in [-0.15, -0.1) is 0 Å². The number of rotatable bonds is 5. The van der Waals surface area contributed by atoms with E-state index in [1.807, 2.05) is 18.2 Å². The molecule has 2 aromatic rings. The molecule has 1 unspecified atom stereocenters. The van der Waals surface area contributed by atoms with Crippen molar-refractivity contribution >= 4 is 28.0 Å². The molecule has 0 saturated carbocycles. The average molecular weight is 368 g/mol. The minimum atomic E-state index is -1.72. The molecular formula is C15H14BrNO5. The number of carboxylic acid groups (broad SMARTS) is 1. The van der Waals surface area contributed by atoms with Crippen LogP contribution in [-0.2, 0) is 21.7 Å². The lowest BCUT2D eigenvalue weighted by Gasteiger charge is -2.23. The second kappa shape index (κ2) is 6.65. The van der Waals surface area contributed by atoms with E-state index in [1.165, 1.54) is 13.0 Å². The maximum atomic E-state index is 11.9. The number of nitrogens with one attached hydrogen (secondary N) is 1. The van der Waals surface area contributed by atoms with E-state index in [4.69, 9.17) is 9.15 Å². The van der Waals surface area contributed by atoms with Gasteiger partial charge in [-0.1, -0.05) is 30.3 Å². The van der Waals surface area contributed by atoms with Crippen molar-refractivity contribution < 1.29 is 23.8 Å². The van der Waals surface area contributed by atoms with Crippen molar-refractivity contribution in [3.8, 4) is 0 Å². The monoisotopic (exact) mass is 367 g/mol. The van der Waals surface area contributed by atoms with Gasteiger partial charge in [-0.25, -0.2) is 9.59 Å². The first-order valence-corrected chi connectivity index (χ1v) is 7.19. The second-order valence-corrected chi connectivity index (χ2v) is 5.50. The molecule has 22 heavy (non-hydrogen) atoms. The number of carbonyl (C=O) groups is 2. The quantitative estimate of drug-likeness (QED) is 0.846. The number of halogens is 1. The van der Waals surface area contributed by atoms with Crippen LogP contribution in [0.2, 0.25) is 0 Å². The third-order valence-corrected chi connectivity index (χ3v) is 3.48. The Morgan fingerprint density at radius 1 is 1.27 bits per heavy atom. The van der Waals surface area contributed by atoms with E-state index in [9.17, 15) is 14.7 Å². The molecule has 1 amide bonds. The number of carbonyl (C=O) groups excluding carboxylic acids is 1. The van der Waals surface area contributed by atoms with E-state index in [-0.39, 0.29) is 12.4 Å². The Hall–Kier alpha value is -2.28. The Bertz CT molecular complexity index is 670. The predicted molar refractivity (Wildman–Crippen MR) is 81.2 cm³/mol. The molecule has 0 fully saturated rings. The van der Waals surface area contributed by atoms with E-state index < -0.39 is 17.6 Å². The number of furan rings is 1. The third kappa shape index (κ3) is 3.67. The SMILES string of the molecule is CC(NC(=O)OCc1ccccc1)(C(=O)O)c1ccc(Br)o1. The van der Waals surface area contributed by atoms with Crippen LogP contribution in [0.1, 0.15) is 18.2 Å². The summed E-state index contributed by atoms with van der Waals surface area (Å²) < 4.78 is 10.6. The summed E-state index contributed by atoms with van der Waals surface area (Å²) in [5, 5.41) is 11.7. The van der Waals surface area contributed by atoms with Crippen molar-refractivity contribution in [2.75, 3.05) is 0 Å². The molecule has 0 saturated heterocycles. The number of alkyl carbamates (subject to hydrolysis) is 1. The summed E-state index contributed by atoms with van der Waals surface area (Å²) in [6.07, 6.45) is -0.846. The van der Waals surface area contributed by atoms with Crippen molar-refractivity contribution in [2.24, 2.45) is 0 Å². The fraction of sp³-hybridized carbons (Fsp3) is 0.200. The van der Waals surface area contributed by atoms with Gasteiger partial charge < -0.3 is 14.3 Å². The number of hydrogen-bond donors (Lipinski definition) is 2. The highest BCUT2D eigenvalue weighted by molar-refractivity contribution is 9.10. The van der Waals surface area contributed by atoms with Crippen LogP contribution in [0.25, 0.3) is 0 Å². The lowest BCUT2D eigenvalue weighted by molar-refractivity contribution is -0.145. The van der Waals surface area contributed by atoms with Crippen LogP contribution in [-0.4, -0.2) is 17.2 Å². The van der Waals surface area contributed by atoms with E-state index >= 15 is 0 Å². The molecule has 1 atom stereocenters. The summed E-state index contributed by atoms with van der Waals surface area (Å²) in [6.45, 7) is 1.37. The van der Waals surface area contributed by atoms with Gasteiger partial charge in [0.15, 0.2) is 10.2 Å². The molecule has 7 heteroatoms. The molecular weight excluding hydrogens is 354 g/mol. The van der Waals surface area contributed by atoms with E-state index in [1.54, 1.807) is 18.2 Å². The minimum Gasteiger partial charge on any atom is -0.479 e. The van der Waals surface area contributed by atoms with Gasteiger partial charge in [0.2, 0.25) is 0 Å². The number of hydrogen-bond acceptors (Lipinski definition) is 4. The Labute approximate surface area is 135 Å². The van der Waals surface area contributed by atoms with E-state index in [2.05, 4.69) is 21.2 Å². The van der Waals surface area contributed by atoms with E-state index in [0.717, 1.165) is 5.56 Å². The molecule has 1 aromatic heterocycles. The van der Waals surface area contributed by atoms with Crippen LogP contribution in [0.3, 0.4) is 0 Å². The topological polar surface area (TPSA) is 88.8 Å². The van der Waals surface area contributed by atoms with Gasteiger partial charge in [0.1, 0.15) is 12.4 Å². The van der Waals surface area contributed by atoms with Gasteiger partial charge in [-0.05, 0) is 40.5 Å². The molecule has 116 valence electrons. The summed E-state index contributed by atoms with van der Waals surface area (Å²) in [5.74, 6) is -1.17. The zero-order valence-corrected chi connectivity index (χ0v) is 13.3. The fourth-order valence-corrected chi connectivity index (χ4v) is 2.07. The summed E-state index contributed by atoms with van der Waals surface area (Å²) in [4.78, 5) is 23.4. The lowest BCUT2D eigenvalue weighted by atomic mass is 10.00. The molecule has 2 N–H and O–H groups in total. The zero-order valence-electron chi connectivity index (χ0n) is 11.7. The van der Waals surface area contributed by atoms with E-state index in [0.29, 0.717) is 4.67 Å². The summed E-state index contributed by atoms with van der Waals surface area (Å²) >= 11 is 3.10. The summed E-state index contributed by atoms with van der Waals surface area (Å²) in [7, 11) is 0. The Morgan fingerprint density at radius 3 is 2.50 bits per heavy atom. The Balaban J connectivity index is 2.05. The van der Waals surface area contributed by atoms with Crippen LogP contribution >= 0.6 is 15.9 Å². The van der Waals surface area contributed by atoms with Gasteiger partial charge in [-0.2, -0.15) is 0 Å². The maximum absolute atomic E-state index is 11.9. The number of carboxylic acids is 1. The van der Waals surface area contributed by atoms with Crippen molar-refractivity contribution in [3.05, 3.63) is 58.5 Å². The number of ether oxygens (including phenoxy) is 1. The van der Waals surface area contributed by atoms with Crippen LogP contribution in [0, 0.1) is 0 Å². The smallest absolute Gasteiger partial charge is 0.408 e. The average Bonchev–Trinajstić information content (AvgIpc) is 2.93. The maximum Gasteiger partial charge on any atom is 0.408 e. The minimum absolute atomic E-state index is 0.0459. The highest BCUT2D eigenvalue weighted by Gasteiger charge is 2.40. The number of benzene rings is 1. The van der Waals surface area contributed by atoms with Crippen molar-refractivity contribution in [3.63, 3.8) is 0 Å². The fourth-order valence-electron chi connectivity index (χ4n) is 1.77.